The van der Waals surface area contributed by atoms with Gasteiger partial charge in [0.2, 0.25) is 11.6 Å². The molecule has 1 N–H and O–H groups in total. The second kappa shape index (κ2) is 5.50. The molecular formula is C12H13NO4S2. The van der Waals surface area contributed by atoms with Crippen molar-refractivity contribution in [1.82, 2.24) is 4.57 Å². The van der Waals surface area contributed by atoms with Crippen LogP contribution in [-0.2, 0) is 0 Å². The van der Waals surface area contributed by atoms with E-state index < -0.39 is 0 Å². The Morgan fingerprint density at radius 1 is 1.11 bits per heavy atom. The number of thiazole rings is 1. The maximum atomic E-state index is 9.83. The van der Waals surface area contributed by atoms with Crippen LogP contribution in [0.4, 0.5) is 0 Å². The first-order valence-corrected chi connectivity index (χ1v) is 6.61. The summed E-state index contributed by atoms with van der Waals surface area (Å²) in [5.74, 6) is 1.58. The Morgan fingerprint density at radius 3 is 2.05 bits per heavy atom. The van der Waals surface area contributed by atoms with Crippen molar-refractivity contribution in [2.45, 2.75) is 0 Å². The number of hydrogen-bond donors (Lipinski definition) is 1. The summed E-state index contributed by atoms with van der Waals surface area (Å²) in [6.07, 6.45) is 0. The topological polar surface area (TPSA) is 52.9 Å². The Balaban J connectivity index is 2.69. The molecule has 0 aliphatic heterocycles. The minimum Gasteiger partial charge on any atom is -0.494 e. The van der Waals surface area contributed by atoms with Crippen molar-refractivity contribution in [3.8, 4) is 28.8 Å². The van der Waals surface area contributed by atoms with E-state index in [1.54, 1.807) is 17.5 Å². The molecular weight excluding hydrogens is 286 g/mol. The number of rotatable bonds is 4. The van der Waals surface area contributed by atoms with Crippen LogP contribution >= 0.6 is 23.6 Å². The molecule has 2 rings (SSSR count). The van der Waals surface area contributed by atoms with Crippen molar-refractivity contribution in [3.63, 3.8) is 0 Å². The Morgan fingerprint density at radius 2 is 1.68 bits per heavy atom. The molecule has 0 spiro atoms. The summed E-state index contributed by atoms with van der Waals surface area (Å²) in [4.78, 5) is 0. The number of benzene rings is 1. The van der Waals surface area contributed by atoms with Crippen molar-refractivity contribution < 1.29 is 19.3 Å². The van der Waals surface area contributed by atoms with Gasteiger partial charge in [-0.05, 0) is 12.2 Å². The maximum Gasteiger partial charge on any atom is 0.207 e. The van der Waals surface area contributed by atoms with Crippen LogP contribution in [0.15, 0.2) is 17.5 Å². The molecule has 5 nitrogen and oxygen atoms in total. The third-order valence-electron chi connectivity index (χ3n) is 2.58. The molecule has 0 bridgehead atoms. The highest BCUT2D eigenvalue weighted by atomic mass is 32.1. The predicted molar refractivity (Wildman–Crippen MR) is 75.8 cm³/mol. The van der Waals surface area contributed by atoms with E-state index in [-0.39, 0.29) is 5.88 Å². The minimum atomic E-state index is 0.0734. The smallest absolute Gasteiger partial charge is 0.207 e. The van der Waals surface area contributed by atoms with Gasteiger partial charge in [0, 0.05) is 12.1 Å². The van der Waals surface area contributed by atoms with E-state index in [0.29, 0.717) is 26.9 Å². The van der Waals surface area contributed by atoms with Crippen LogP contribution in [0.2, 0.25) is 0 Å². The molecule has 0 aliphatic rings. The van der Waals surface area contributed by atoms with Gasteiger partial charge >= 0.3 is 0 Å². The van der Waals surface area contributed by atoms with E-state index in [1.807, 2.05) is 0 Å². The van der Waals surface area contributed by atoms with Crippen LogP contribution in [-0.4, -0.2) is 31.0 Å². The fraction of sp³-hybridized carbons (Fsp3) is 0.250. The minimum absolute atomic E-state index is 0.0734. The lowest BCUT2D eigenvalue weighted by molar-refractivity contribution is 0.324. The first-order valence-electron chi connectivity index (χ1n) is 5.32. The van der Waals surface area contributed by atoms with Gasteiger partial charge in [-0.3, -0.25) is 4.57 Å². The van der Waals surface area contributed by atoms with Gasteiger partial charge in [0.05, 0.1) is 32.4 Å². The number of methoxy groups -OCH3 is 3. The van der Waals surface area contributed by atoms with Gasteiger partial charge < -0.3 is 19.3 Å². The van der Waals surface area contributed by atoms with Crippen molar-refractivity contribution in [2.75, 3.05) is 21.3 Å². The quantitative estimate of drug-likeness (QED) is 0.880. The average molecular weight is 299 g/mol. The first-order chi connectivity index (χ1) is 9.12. The fourth-order valence-electron chi connectivity index (χ4n) is 1.74. The second-order valence-corrected chi connectivity index (χ2v) is 5.08. The van der Waals surface area contributed by atoms with E-state index >= 15 is 0 Å². The molecule has 0 amide bonds. The van der Waals surface area contributed by atoms with Crippen molar-refractivity contribution in [1.29, 1.82) is 0 Å². The third kappa shape index (κ3) is 2.39. The normalized spacial score (nSPS) is 10.3. The summed E-state index contributed by atoms with van der Waals surface area (Å²) in [5, 5.41) is 11.4. The molecule has 19 heavy (non-hydrogen) atoms. The highest BCUT2D eigenvalue weighted by molar-refractivity contribution is 7.73. The summed E-state index contributed by atoms with van der Waals surface area (Å²) in [5.41, 5.74) is 0.651. The lowest BCUT2D eigenvalue weighted by Gasteiger charge is -2.14. The van der Waals surface area contributed by atoms with Gasteiger partial charge in [0.15, 0.2) is 15.5 Å². The zero-order valence-corrected chi connectivity index (χ0v) is 12.3. The second-order valence-electron chi connectivity index (χ2n) is 3.58. The fourth-order valence-corrected chi connectivity index (χ4v) is 2.70. The number of aromatic nitrogens is 1. The van der Waals surface area contributed by atoms with Crippen LogP contribution in [0.5, 0.6) is 23.1 Å². The zero-order chi connectivity index (χ0) is 14.0. The third-order valence-corrected chi connectivity index (χ3v) is 3.77. The van der Waals surface area contributed by atoms with Crippen LogP contribution in [0, 0.1) is 3.95 Å². The van der Waals surface area contributed by atoms with Gasteiger partial charge in [0.25, 0.3) is 0 Å². The number of nitrogens with zero attached hydrogens (tertiary/aromatic N) is 1. The summed E-state index contributed by atoms with van der Waals surface area (Å²) < 4.78 is 17.8. The molecule has 0 aliphatic carbocycles. The van der Waals surface area contributed by atoms with Crippen molar-refractivity contribution >= 4 is 23.6 Å². The molecule has 1 aromatic heterocycles. The summed E-state index contributed by atoms with van der Waals surface area (Å²) in [7, 11) is 4.61. The molecule has 0 unspecified atom stereocenters. The summed E-state index contributed by atoms with van der Waals surface area (Å²) in [6, 6.07) is 3.45. The van der Waals surface area contributed by atoms with Crippen LogP contribution < -0.4 is 14.2 Å². The molecule has 1 aromatic carbocycles. The van der Waals surface area contributed by atoms with Gasteiger partial charge in [-0.15, -0.1) is 11.3 Å². The SMILES string of the molecule is COc1cc(-n2c(O)csc2=S)cc(OC)c1OC. The summed E-state index contributed by atoms with van der Waals surface area (Å²) in [6.45, 7) is 0. The lowest BCUT2D eigenvalue weighted by Crippen LogP contribution is -1.99. The summed E-state index contributed by atoms with van der Waals surface area (Å²) >= 11 is 6.46. The molecule has 2 aromatic rings. The van der Waals surface area contributed by atoms with Crippen molar-refractivity contribution in [2.24, 2.45) is 0 Å². The highest BCUT2D eigenvalue weighted by Gasteiger charge is 2.15. The lowest BCUT2D eigenvalue weighted by atomic mass is 10.2. The zero-order valence-electron chi connectivity index (χ0n) is 10.7. The maximum absolute atomic E-state index is 9.83. The number of ether oxygens (including phenoxy) is 3. The molecule has 0 fully saturated rings. The van der Waals surface area contributed by atoms with Crippen LogP contribution in [0.3, 0.4) is 0 Å². The van der Waals surface area contributed by atoms with Crippen LogP contribution in [0.1, 0.15) is 0 Å². The largest absolute Gasteiger partial charge is 0.494 e. The number of aromatic hydroxyl groups is 1. The highest BCUT2D eigenvalue weighted by Crippen LogP contribution is 2.40. The van der Waals surface area contributed by atoms with Gasteiger partial charge in [-0.25, -0.2) is 0 Å². The van der Waals surface area contributed by atoms with Gasteiger partial charge in [-0.1, -0.05) is 0 Å². The van der Waals surface area contributed by atoms with Gasteiger partial charge in [-0.2, -0.15) is 0 Å². The van der Waals surface area contributed by atoms with E-state index in [0.717, 1.165) is 0 Å². The molecule has 0 saturated heterocycles. The van der Waals surface area contributed by atoms with E-state index in [9.17, 15) is 5.11 Å². The standard InChI is InChI=1S/C12H13NO4S2/c1-15-8-4-7(5-9(16-2)11(8)17-3)13-10(14)6-19-12(13)18/h4-6,14H,1-3H3. The van der Waals surface area contributed by atoms with E-state index in [4.69, 9.17) is 26.4 Å². The molecule has 102 valence electrons. The van der Waals surface area contributed by atoms with E-state index in [1.165, 1.54) is 37.2 Å². The first kappa shape index (κ1) is 13.7. The monoisotopic (exact) mass is 299 g/mol. The molecule has 1 heterocycles. The molecule has 7 heteroatoms. The predicted octanol–water partition coefficient (Wildman–Crippen LogP) is 3.00. The number of hydrogen-bond acceptors (Lipinski definition) is 6. The van der Waals surface area contributed by atoms with E-state index in [2.05, 4.69) is 0 Å². The van der Waals surface area contributed by atoms with Crippen molar-refractivity contribution in [3.05, 3.63) is 21.5 Å². The van der Waals surface area contributed by atoms with Crippen LogP contribution in [0.25, 0.3) is 5.69 Å². The Hall–Kier alpha value is -1.73. The molecule has 0 saturated carbocycles. The Labute approximate surface area is 119 Å². The Kier molecular flexibility index (Phi) is 3.96. The average Bonchev–Trinajstić information content (AvgIpc) is 2.76. The molecule has 0 atom stereocenters. The Bertz CT molecular complexity index is 622. The van der Waals surface area contributed by atoms with Gasteiger partial charge in [0.1, 0.15) is 0 Å². The molecule has 0 radical (unpaired) electrons.